The lowest BCUT2D eigenvalue weighted by Gasteiger charge is -2.20. The van der Waals surface area contributed by atoms with Gasteiger partial charge in [-0.05, 0) is 38.6 Å². The summed E-state index contributed by atoms with van der Waals surface area (Å²) < 4.78 is 1.97. The second-order valence-electron chi connectivity index (χ2n) is 4.58. The van der Waals surface area contributed by atoms with Crippen LogP contribution in [-0.4, -0.2) is 21.3 Å². The number of nitrogens with one attached hydrogen (secondary N) is 1. The number of nitrogens with zero attached hydrogens (tertiary/aromatic N) is 3. The summed E-state index contributed by atoms with van der Waals surface area (Å²) in [5, 5.41) is 11.6. The predicted molar refractivity (Wildman–Crippen MR) is 63.9 cm³/mol. The molecular formula is C12H20N4. The molecule has 0 saturated heterocycles. The van der Waals surface area contributed by atoms with Crippen LogP contribution in [0.2, 0.25) is 0 Å². The number of allylic oxidation sites excluding steroid dienone is 2. The number of rotatable bonds is 4. The van der Waals surface area contributed by atoms with Gasteiger partial charge < -0.3 is 9.88 Å². The molecule has 1 aromatic rings. The molecular weight excluding hydrogens is 200 g/mol. The Morgan fingerprint density at radius 1 is 1.56 bits per heavy atom. The van der Waals surface area contributed by atoms with E-state index in [0.717, 1.165) is 18.3 Å². The van der Waals surface area contributed by atoms with Crippen molar-refractivity contribution in [1.82, 2.24) is 20.1 Å². The van der Waals surface area contributed by atoms with Crippen LogP contribution in [0.3, 0.4) is 0 Å². The molecule has 4 nitrogen and oxygen atoms in total. The molecule has 1 heterocycles. The largest absolute Gasteiger partial charge is 0.319 e. The SMILES string of the molecule is CC(NCC1CC=CCC1)c1nncn1C. The van der Waals surface area contributed by atoms with Crippen LogP contribution in [0.5, 0.6) is 0 Å². The van der Waals surface area contributed by atoms with Crippen molar-refractivity contribution in [3.8, 4) is 0 Å². The minimum atomic E-state index is 0.276. The van der Waals surface area contributed by atoms with Crippen LogP contribution in [0.15, 0.2) is 18.5 Å². The second kappa shape index (κ2) is 5.25. The predicted octanol–water partition coefficient (Wildman–Crippen LogP) is 1.82. The van der Waals surface area contributed by atoms with E-state index in [2.05, 4.69) is 34.6 Å². The van der Waals surface area contributed by atoms with Crippen LogP contribution in [0, 0.1) is 5.92 Å². The lowest BCUT2D eigenvalue weighted by atomic mass is 9.94. The highest BCUT2D eigenvalue weighted by atomic mass is 15.3. The first-order chi connectivity index (χ1) is 7.77. The Morgan fingerprint density at radius 2 is 2.44 bits per heavy atom. The van der Waals surface area contributed by atoms with Crippen molar-refractivity contribution in [2.45, 2.75) is 32.2 Å². The molecule has 1 aliphatic carbocycles. The molecule has 88 valence electrons. The number of aryl methyl sites for hydroxylation is 1. The summed E-state index contributed by atoms with van der Waals surface area (Å²) >= 11 is 0. The van der Waals surface area contributed by atoms with Crippen molar-refractivity contribution in [1.29, 1.82) is 0 Å². The average Bonchev–Trinajstić information content (AvgIpc) is 2.74. The van der Waals surface area contributed by atoms with E-state index >= 15 is 0 Å². The smallest absolute Gasteiger partial charge is 0.149 e. The molecule has 0 aliphatic heterocycles. The molecule has 0 radical (unpaired) electrons. The molecule has 0 bridgehead atoms. The molecule has 2 unspecified atom stereocenters. The second-order valence-corrected chi connectivity index (χ2v) is 4.58. The molecule has 1 aliphatic rings. The summed E-state index contributed by atoms with van der Waals surface area (Å²) in [6.45, 7) is 3.21. The molecule has 1 N–H and O–H groups in total. The monoisotopic (exact) mass is 220 g/mol. The van der Waals surface area contributed by atoms with Gasteiger partial charge in [-0.3, -0.25) is 0 Å². The molecule has 0 amide bonds. The van der Waals surface area contributed by atoms with E-state index < -0.39 is 0 Å². The number of hydrogen-bond donors (Lipinski definition) is 1. The van der Waals surface area contributed by atoms with Gasteiger partial charge in [-0.2, -0.15) is 0 Å². The van der Waals surface area contributed by atoms with E-state index in [1.54, 1.807) is 6.33 Å². The third-order valence-electron chi connectivity index (χ3n) is 3.22. The third-order valence-corrected chi connectivity index (χ3v) is 3.22. The van der Waals surface area contributed by atoms with Crippen molar-refractivity contribution in [3.63, 3.8) is 0 Å². The van der Waals surface area contributed by atoms with Crippen molar-refractivity contribution < 1.29 is 0 Å². The van der Waals surface area contributed by atoms with Crippen LogP contribution < -0.4 is 5.32 Å². The summed E-state index contributed by atoms with van der Waals surface area (Å²) in [7, 11) is 1.98. The van der Waals surface area contributed by atoms with Crippen molar-refractivity contribution in [2.75, 3.05) is 6.54 Å². The average molecular weight is 220 g/mol. The normalized spacial score (nSPS) is 22.2. The molecule has 0 spiro atoms. The van der Waals surface area contributed by atoms with Crippen molar-refractivity contribution >= 4 is 0 Å². The molecule has 2 atom stereocenters. The summed E-state index contributed by atoms with van der Waals surface area (Å²) in [6.07, 6.45) is 10.1. The van der Waals surface area contributed by atoms with Gasteiger partial charge in [-0.25, -0.2) is 0 Å². The van der Waals surface area contributed by atoms with Gasteiger partial charge in [0, 0.05) is 7.05 Å². The Morgan fingerprint density at radius 3 is 3.06 bits per heavy atom. The fraction of sp³-hybridized carbons (Fsp3) is 0.667. The van der Waals surface area contributed by atoms with Gasteiger partial charge in [0.15, 0.2) is 0 Å². The molecule has 2 rings (SSSR count). The van der Waals surface area contributed by atoms with E-state index in [1.165, 1.54) is 19.3 Å². The van der Waals surface area contributed by atoms with Gasteiger partial charge in [0.05, 0.1) is 6.04 Å². The van der Waals surface area contributed by atoms with Gasteiger partial charge in [0.2, 0.25) is 0 Å². The van der Waals surface area contributed by atoms with E-state index in [1.807, 2.05) is 11.6 Å². The van der Waals surface area contributed by atoms with E-state index in [0.29, 0.717) is 0 Å². The fourth-order valence-electron chi connectivity index (χ4n) is 2.16. The maximum atomic E-state index is 4.12. The zero-order chi connectivity index (χ0) is 11.4. The first kappa shape index (κ1) is 11.3. The molecule has 1 aromatic heterocycles. The highest BCUT2D eigenvalue weighted by Crippen LogP contribution is 2.18. The number of hydrogen-bond acceptors (Lipinski definition) is 3. The van der Waals surface area contributed by atoms with E-state index in [4.69, 9.17) is 0 Å². The van der Waals surface area contributed by atoms with Crippen LogP contribution in [0.1, 0.15) is 38.1 Å². The van der Waals surface area contributed by atoms with Gasteiger partial charge in [0.1, 0.15) is 12.2 Å². The lowest BCUT2D eigenvalue weighted by Crippen LogP contribution is -2.27. The topological polar surface area (TPSA) is 42.7 Å². The Hall–Kier alpha value is -1.16. The van der Waals surface area contributed by atoms with Crippen LogP contribution in [-0.2, 0) is 7.05 Å². The fourth-order valence-corrected chi connectivity index (χ4v) is 2.16. The summed E-state index contributed by atoms with van der Waals surface area (Å²) in [6, 6.07) is 0.276. The Kier molecular flexibility index (Phi) is 3.72. The Bertz CT molecular complexity index is 356. The highest BCUT2D eigenvalue weighted by Gasteiger charge is 2.14. The maximum absolute atomic E-state index is 4.12. The van der Waals surface area contributed by atoms with Crippen molar-refractivity contribution in [3.05, 3.63) is 24.3 Å². The first-order valence-corrected chi connectivity index (χ1v) is 5.99. The molecule has 0 fully saturated rings. The molecule has 16 heavy (non-hydrogen) atoms. The summed E-state index contributed by atoms with van der Waals surface area (Å²) in [5.41, 5.74) is 0. The minimum Gasteiger partial charge on any atom is -0.319 e. The molecule has 0 aromatic carbocycles. The van der Waals surface area contributed by atoms with Gasteiger partial charge in [-0.1, -0.05) is 12.2 Å². The standard InChI is InChI=1S/C12H20N4/c1-10(12-15-14-9-16(12)2)13-8-11-6-4-3-5-7-11/h3-4,9-11,13H,5-8H2,1-2H3. The quantitative estimate of drug-likeness (QED) is 0.787. The van der Waals surface area contributed by atoms with Crippen LogP contribution in [0.4, 0.5) is 0 Å². The maximum Gasteiger partial charge on any atom is 0.149 e. The Labute approximate surface area is 96.8 Å². The summed E-state index contributed by atoms with van der Waals surface area (Å²) in [4.78, 5) is 0. The van der Waals surface area contributed by atoms with Gasteiger partial charge in [-0.15, -0.1) is 10.2 Å². The summed E-state index contributed by atoms with van der Waals surface area (Å²) in [5.74, 6) is 1.78. The van der Waals surface area contributed by atoms with E-state index in [-0.39, 0.29) is 6.04 Å². The van der Waals surface area contributed by atoms with Crippen molar-refractivity contribution in [2.24, 2.45) is 13.0 Å². The number of aromatic nitrogens is 3. The molecule has 4 heteroatoms. The van der Waals surface area contributed by atoms with Crippen LogP contribution in [0.25, 0.3) is 0 Å². The van der Waals surface area contributed by atoms with Crippen LogP contribution >= 0.6 is 0 Å². The minimum absolute atomic E-state index is 0.276. The lowest BCUT2D eigenvalue weighted by molar-refractivity contribution is 0.405. The van der Waals surface area contributed by atoms with E-state index in [9.17, 15) is 0 Å². The van der Waals surface area contributed by atoms with Gasteiger partial charge >= 0.3 is 0 Å². The van der Waals surface area contributed by atoms with Gasteiger partial charge in [0.25, 0.3) is 0 Å². The Balaban J connectivity index is 1.81. The zero-order valence-corrected chi connectivity index (χ0v) is 10.1. The molecule has 0 saturated carbocycles. The third kappa shape index (κ3) is 2.70. The first-order valence-electron chi connectivity index (χ1n) is 5.99. The zero-order valence-electron chi connectivity index (χ0n) is 10.1. The highest BCUT2D eigenvalue weighted by molar-refractivity contribution is 4.94.